The Hall–Kier alpha value is -0.0400. The van der Waals surface area contributed by atoms with E-state index < -0.39 is 0 Å². The fourth-order valence-corrected chi connectivity index (χ4v) is 21.9. The van der Waals surface area contributed by atoms with Crippen LogP contribution >= 0.6 is 0 Å². The summed E-state index contributed by atoms with van der Waals surface area (Å²) in [6, 6.07) is 0. The van der Waals surface area contributed by atoms with Crippen LogP contribution < -0.4 is 0 Å². The molecular formula is C84H168O. The van der Waals surface area contributed by atoms with Crippen molar-refractivity contribution in [2.24, 2.45) is 123 Å². The molecule has 7 aliphatic rings. The minimum absolute atomic E-state index is 0.408. The summed E-state index contributed by atoms with van der Waals surface area (Å²) in [6.45, 7) is 90.6. The fraction of sp³-hybridized carbons (Fsp3) is 1.00. The maximum atomic E-state index is 5.47. The van der Waals surface area contributed by atoms with Crippen LogP contribution in [0.2, 0.25) is 0 Å². The Kier molecular flexibility index (Phi) is 30.1. The fourth-order valence-electron chi connectivity index (χ4n) is 21.9. The van der Waals surface area contributed by atoms with Gasteiger partial charge in [0.1, 0.15) is 0 Å². The zero-order chi connectivity index (χ0) is 66.9. The molecule has 7 rings (SSSR count). The van der Waals surface area contributed by atoms with Crippen molar-refractivity contribution in [1.82, 2.24) is 0 Å². The lowest BCUT2D eigenvalue weighted by molar-refractivity contribution is -0.0758. The van der Waals surface area contributed by atoms with E-state index in [0.717, 1.165) is 54.6 Å². The number of ether oxygens (including phenoxy) is 1. The highest BCUT2D eigenvalue weighted by atomic mass is 16.5. The molecule has 1 atom stereocenters. The highest BCUT2D eigenvalue weighted by molar-refractivity contribution is 5.16. The molecule has 510 valence electrons. The predicted molar refractivity (Wildman–Crippen MR) is 388 cm³/mol. The van der Waals surface area contributed by atoms with Crippen molar-refractivity contribution in [2.75, 3.05) is 13.2 Å². The smallest absolute Gasteiger partial charge is 0.0471 e. The van der Waals surface area contributed by atoms with Gasteiger partial charge in [-0.1, -0.05) is 320 Å². The van der Waals surface area contributed by atoms with E-state index in [1.165, 1.54) is 148 Å². The molecule has 0 amide bonds. The maximum absolute atomic E-state index is 5.47. The molecule has 1 saturated heterocycles. The average Bonchev–Trinajstić information content (AvgIpc) is 1.80. The van der Waals surface area contributed by atoms with Gasteiger partial charge in [-0.3, -0.25) is 0 Å². The topological polar surface area (TPSA) is 9.23 Å². The molecule has 1 heterocycles. The van der Waals surface area contributed by atoms with E-state index in [2.05, 4.69) is 256 Å². The first-order chi connectivity index (χ1) is 38.1. The van der Waals surface area contributed by atoms with E-state index in [9.17, 15) is 0 Å². The van der Waals surface area contributed by atoms with Crippen molar-refractivity contribution in [2.45, 2.75) is 404 Å². The minimum atomic E-state index is 0.408. The number of rotatable bonds is 7. The van der Waals surface area contributed by atoms with E-state index in [1.807, 2.05) is 0 Å². The van der Waals surface area contributed by atoms with Crippen molar-refractivity contribution in [3.8, 4) is 0 Å². The molecule has 1 nitrogen and oxygen atoms in total. The largest absolute Gasteiger partial charge is 0.381 e. The van der Waals surface area contributed by atoms with Crippen molar-refractivity contribution < 1.29 is 4.74 Å². The van der Waals surface area contributed by atoms with Gasteiger partial charge in [0.2, 0.25) is 0 Å². The van der Waals surface area contributed by atoms with E-state index in [4.69, 9.17) is 4.74 Å². The molecule has 0 bridgehead atoms. The molecule has 85 heavy (non-hydrogen) atoms. The Bertz CT molecular complexity index is 1760. The van der Waals surface area contributed by atoms with Gasteiger partial charge in [0.05, 0.1) is 0 Å². The van der Waals surface area contributed by atoms with E-state index >= 15 is 0 Å². The lowest BCUT2D eigenvalue weighted by Crippen LogP contribution is -2.45. The first-order valence-electron chi connectivity index (χ1n) is 37.6. The molecule has 0 aromatic heterocycles. The van der Waals surface area contributed by atoms with Crippen LogP contribution in [0.5, 0.6) is 0 Å². The van der Waals surface area contributed by atoms with Gasteiger partial charge in [-0.2, -0.15) is 0 Å². The molecule has 0 spiro atoms. The van der Waals surface area contributed by atoms with Crippen LogP contribution in [0.1, 0.15) is 404 Å². The third-order valence-electron chi connectivity index (χ3n) is 28.4. The highest BCUT2D eigenvalue weighted by Gasteiger charge is 2.67. The molecule has 6 saturated carbocycles. The Balaban J connectivity index is 0.000000497. The molecule has 6 aliphatic carbocycles. The van der Waals surface area contributed by atoms with Gasteiger partial charge in [0, 0.05) is 13.2 Å². The summed E-state index contributed by atoms with van der Waals surface area (Å²) in [4.78, 5) is 0. The molecule has 1 aliphatic heterocycles. The predicted octanol–water partition coefficient (Wildman–Crippen LogP) is 28.8. The Morgan fingerprint density at radius 1 is 0.224 bits per heavy atom. The van der Waals surface area contributed by atoms with Crippen molar-refractivity contribution in [3.05, 3.63) is 0 Å². The van der Waals surface area contributed by atoms with Gasteiger partial charge in [-0.05, 0) is 206 Å². The third kappa shape index (κ3) is 19.3. The molecular weight excluding hydrogens is 1020 g/mol. The molecule has 1 unspecified atom stereocenters. The average molecular weight is 1190 g/mol. The van der Waals surface area contributed by atoms with Crippen LogP contribution in [0.25, 0.3) is 0 Å². The van der Waals surface area contributed by atoms with Crippen LogP contribution in [-0.4, -0.2) is 13.2 Å². The summed E-state index contributed by atoms with van der Waals surface area (Å²) in [5, 5.41) is 0. The summed E-state index contributed by atoms with van der Waals surface area (Å²) < 4.78 is 5.47. The maximum Gasteiger partial charge on any atom is 0.0471 e. The normalized spacial score (nSPS) is 25.0. The van der Waals surface area contributed by atoms with E-state index in [1.54, 1.807) is 0 Å². The lowest BCUT2D eigenvalue weighted by Gasteiger charge is -2.55. The first kappa shape index (κ1) is 83.0. The summed E-state index contributed by atoms with van der Waals surface area (Å²) in [6.07, 6.45) is 33.0. The van der Waals surface area contributed by atoms with Crippen LogP contribution in [0.15, 0.2) is 0 Å². The summed E-state index contributed by atoms with van der Waals surface area (Å²) >= 11 is 0. The minimum Gasteiger partial charge on any atom is -0.381 e. The van der Waals surface area contributed by atoms with Gasteiger partial charge in [0.25, 0.3) is 0 Å². The molecule has 0 aromatic rings. The number of hydrogen-bond donors (Lipinski definition) is 0. The highest BCUT2D eigenvalue weighted by Crippen LogP contribution is 2.75. The Morgan fingerprint density at radius 2 is 0.400 bits per heavy atom. The summed E-state index contributed by atoms with van der Waals surface area (Å²) in [7, 11) is 0. The van der Waals surface area contributed by atoms with Gasteiger partial charge >= 0.3 is 0 Å². The monoisotopic (exact) mass is 1190 g/mol. The molecule has 7 fully saturated rings. The van der Waals surface area contributed by atoms with Crippen molar-refractivity contribution in [3.63, 3.8) is 0 Å². The van der Waals surface area contributed by atoms with Gasteiger partial charge in [0.15, 0.2) is 0 Å². The van der Waals surface area contributed by atoms with Crippen LogP contribution in [0.3, 0.4) is 0 Å². The lowest BCUT2D eigenvalue weighted by atomic mass is 9.50. The van der Waals surface area contributed by atoms with Crippen molar-refractivity contribution >= 4 is 0 Å². The first-order valence-corrected chi connectivity index (χ1v) is 37.6. The molecule has 0 aromatic carbocycles. The molecule has 0 N–H and O–H groups in total. The second kappa shape index (κ2) is 30.8. The Morgan fingerprint density at radius 3 is 0.506 bits per heavy atom. The van der Waals surface area contributed by atoms with Crippen LogP contribution in [0.4, 0.5) is 0 Å². The van der Waals surface area contributed by atoms with Crippen LogP contribution in [-0.2, 0) is 4.74 Å². The summed E-state index contributed by atoms with van der Waals surface area (Å²) in [5.74, 6) is 5.82. The van der Waals surface area contributed by atoms with Gasteiger partial charge < -0.3 is 4.74 Å². The zero-order valence-corrected chi connectivity index (χ0v) is 66.6. The SMILES string of the molecule is CC(C)C1(C(C)(C)C)CC1.CC(C)C1(C(C)(C)C)CC1(C)C.CC(C)C1(C(C)(C)C)CCC1.CC(C)C1(C(C)(C)C)CCCC1.CC(C)C1(C(C)(C)C)CCCCC1.CC(C)C1(C(C)(C)C)CCCCCC1.CC(C)C1(C(C)(C)C)CCOCC1. The molecule has 1 heteroatoms. The van der Waals surface area contributed by atoms with Gasteiger partial charge in [-0.25, -0.2) is 0 Å². The van der Waals surface area contributed by atoms with E-state index in [-0.39, 0.29) is 0 Å². The van der Waals surface area contributed by atoms with Gasteiger partial charge in [-0.15, -0.1) is 0 Å². The second-order valence-corrected chi connectivity index (χ2v) is 40.9. The Labute approximate surface area is 541 Å². The van der Waals surface area contributed by atoms with Crippen LogP contribution in [0, 0.1) is 123 Å². The number of hydrogen-bond acceptors (Lipinski definition) is 1. The summed E-state index contributed by atoms with van der Waals surface area (Å²) in [5.41, 5.74) is 8.22. The third-order valence-corrected chi connectivity index (χ3v) is 28.4. The standard InChI is InChI=1S/C14H28.C13H26.C12H24O.2C12H24.C11H22.C10H20/c1-12(2)14(13(3,4)5)10-8-6-7-9-11-14;1-11(2)13(12(3,4)5)9-7-6-8-10-13;1-10(2)12(11(3,4)5)6-8-13-9-7-12;1-9(2)12(10(3,4)5)8-11(12,6)7;1-10(2)12(11(3,4)5)8-6-7-9-12;1-9(2)11(7-6-8-11)10(3,4)5;1-8(2)10(6-7-10)9(3,4)5/h12H,6-11H2,1-5H3;11H,6-10H2,1-5H3;10H,6-9H2,1-5H3;9H,8H2,1-7H3;10H,6-9H2,1-5H3;9H,6-8H2,1-5H3;8H,6-7H2,1-5H3. The zero-order valence-electron chi connectivity index (χ0n) is 66.6. The molecule has 0 radical (unpaired) electrons. The quantitative estimate of drug-likeness (QED) is 0.231. The van der Waals surface area contributed by atoms with E-state index in [0.29, 0.717) is 81.2 Å². The second-order valence-electron chi connectivity index (χ2n) is 40.9. The van der Waals surface area contributed by atoms with Crippen molar-refractivity contribution in [1.29, 1.82) is 0 Å².